The zero-order chi connectivity index (χ0) is 30.5. The number of amides is 1. The number of hydrogen-bond acceptors (Lipinski definition) is 10. The van der Waals surface area contributed by atoms with Gasteiger partial charge in [-0.1, -0.05) is 24.6 Å². The summed E-state index contributed by atoms with van der Waals surface area (Å²) >= 11 is 6.69. The van der Waals surface area contributed by atoms with Crippen LogP contribution >= 0.6 is 25.1 Å². The molecule has 11 nitrogen and oxygen atoms in total. The second kappa shape index (κ2) is 15.5. The number of ether oxygens (including phenoxy) is 1. The summed E-state index contributed by atoms with van der Waals surface area (Å²) in [5.74, 6) is 2.62. The second-order valence-corrected chi connectivity index (χ2v) is 12.3. The zero-order valence-electron chi connectivity index (χ0n) is 25.8. The molecule has 1 atom stereocenters. The predicted octanol–water partition coefficient (Wildman–Crippen LogP) is 3.67. The molecule has 0 spiro atoms. The summed E-state index contributed by atoms with van der Waals surface area (Å²) in [5.41, 5.74) is 2.74. The van der Waals surface area contributed by atoms with Gasteiger partial charge in [0.05, 0.1) is 17.3 Å². The Hall–Kier alpha value is -3.03. The van der Waals surface area contributed by atoms with Crippen LogP contribution in [0, 0.1) is 0 Å². The summed E-state index contributed by atoms with van der Waals surface area (Å²) in [5, 5.41) is 18.0. The monoisotopic (exact) mass is 657 g/mol. The van der Waals surface area contributed by atoms with Crippen LogP contribution in [0.15, 0.2) is 41.3 Å². The van der Waals surface area contributed by atoms with E-state index >= 15 is 0 Å². The van der Waals surface area contributed by atoms with Gasteiger partial charge >= 0.3 is 0 Å². The second-order valence-electron chi connectivity index (χ2n) is 11.9. The molecule has 4 heterocycles. The first-order chi connectivity index (χ1) is 21.4. The number of nitrogens with zero attached hydrogens (tertiary/aromatic N) is 5. The maximum Gasteiger partial charge on any atom is 0.251 e. The molecular weight excluding hydrogens is 614 g/mol. The van der Waals surface area contributed by atoms with Gasteiger partial charge in [-0.25, -0.2) is 9.97 Å². The highest BCUT2D eigenvalue weighted by molar-refractivity contribution is 7.59. The predicted molar refractivity (Wildman–Crippen MR) is 180 cm³/mol. The van der Waals surface area contributed by atoms with Gasteiger partial charge in [0.15, 0.2) is 12.2 Å². The third-order valence-corrected chi connectivity index (χ3v) is 9.29. The Kier molecular flexibility index (Phi) is 11.5. The fourth-order valence-corrected chi connectivity index (χ4v) is 6.32. The number of aliphatic hydroxyl groups is 1. The summed E-state index contributed by atoms with van der Waals surface area (Å²) in [4.78, 5) is 28.9. The van der Waals surface area contributed by atoms with E-state index in [1.165, 1.54) is 12.8 Å². The molecule has 3 aliphatic rings. The Morgan fingerprint density at radius 3 is 2.71 bits per heavy atom. The molecule has 1 saturated heterocycles. The number of pyridine rings is 1. The molecule has 1 aromatic carbocycles. The van der Waals surface area contributed by atoms with Crippen molar-refractivity contribution in [3.05, 3.63) is 64.3 Å². The number of oxazole rings is 1. The molecular formula is C32H44ClN7O4S. The zero-order valence-corrected chi connectivity index (χ0v) is 27.6. The van der Waals surface area contributed by atoms with Crippen molar-refractivity contribution < 1.29 is 19.1 Å². The minimum atomic E-state index is -0.712. The molecule has 0 bridgehead atoms. The van der Waals surface area contributed by atoms with Crippen LogP contribution in [-0.4, -0.2) is 95.3 Å². The molecule has 0 radical (unpaired) electrons. The molecule has 2 aromatic heterocycles. The number of β-amino-alcohol motifs (C(OH)–C–C–N with tert-alkyl or cyclic N) is 1. The Bertz CT molecular complexity index is 1420. The molecule has 2 aliphatic heterocycles. The number of aliphatic hydroxyl groups excluding tert-OH is 1. The van der Waals surface area contributed by atoms with Crippen LogP contribution in [0.2, 0.25) is 5.02 Å². The number of benzene rings is 1. The number of rotatable bonds is 12. The Labute approximate surface area is 276 Å². The van der Waals surface area contributed by atoms with E-state index in [9.17, 15) is 9.90 Å². The van der Waals surface area contributed by atoms with E-state index in [0.717, 1.165) is 81.3 Å². The summed E-state index contributed by atoms with van der Waals surface area (Å²) in [6, 6.07) is 8.02. The fourth-order valence-electron chi connectivity index (χ4n) is 5.99. The van der Waals surface area contributed by atoms with Crippen molar-refractivity contribution in [3.8, 4) is 5.75 Å². The average Bonchev–Trinajstić information content (AvgIpc) is 3.55. The number of likely N-dealkylation sites (N-methyl/N-ethyl adjacent to an activating group) is 1. The largest absolute Gasteiger partial charge is 0.484 e. The highest BCUT2D eigenvalue weighted by Crippen LogP contribution is 2.34. The van der Waals surface area contributed by atoms with Crippen molar-refractivity contribution >= 4 is 42.6 Å². The van der Waals surface area contributed by atoms with Crippen LogP contribution in [0.3, 0.4) is 0 Å². The van der Waals surface area contributed by atoms with E-state index < -0.39 is 6.10 Å². The molecule has 244 valence electrons. The van der Waals surface area contributed by atoms with Gasteiger partial charge in [0.1, 0.15) is 24.0 Å². The Morgan fingerprint density at radius 1 is 1.18 bits per heavy atom. The van der Waals surface area contributed by atoms with Crippen LogP contribution in [-0.2, 0) is 19.6 Å². The lowest BCUT2D eigenvalue weighted by Gasteiger charge is -2.35. The number of anilines is 2. The van der Waals surface area contributed by atoms with Gasteiger partial charge < -0.3 is 34.7 Å². The van der Waals surface area contributed by atoms with E-state index in [1.54, 1.807) is 6.20 Å². The van der Waals surface area contributed by atoms with Gasteiger partial charge in [-0.3, -0.25) is 9.69 Å². The van der Waals surface area contributed by atoms with Crippen LogP contribution in [0.4, 0.5) is 11.6 Å². The van der Waals surface area contributed by atoms with Crippen LogP contribution < -0.4 is 20.3 Å². The van der Waals surface area contributed by atoms with Crippen LogP contribution in [0.1, 0.15) is 53.4 Å². The first kappa shape index (κ1) is 33.3. The van der Waals surface area contributed by atoms with Gasteiger partial charge in [-0.05, 0) is 61.6 Å². The normalized spacial score (nSPS) is 18.0. The number of hydrogen-bond donors (Lipinski definition) is 3. The number of halogens is 1. The maximum atomic E-state index is 13.3. The third-order valence-electron chi connectivity index (χ3n) is 8.87. The number of carbonyl (C=O) groups is 1. The smallest absolute Gasteiger partial charge is 0.251 e. The summed E-state index contributed by atoms with van der Waals surface area (Å²) in [7, 11) is 0. The van der Waals surface area contributed by atoms with E-state index in [2.05, 4.69) is 37.2 Å². The number of carbonyl (C=O) groups excluding carboxylic acids is 1. The minimum absolute atomic E-state index is 0. The molecule has 45 heavy (non-hydrogen) atoms. The van der Waals surface area contributed by atoms with Crippen molar-refractivity contribution in [2.45, 2.75) is 57.9 Å². The lowest BCUT2D eigenvalue weighted by Crippen LogP contribution is -2.46. The minimum Gasteiger partial charge on any atom is -0.484 e. The van der Waals surface area contributed by atoms with Gasteiger partial charge in [-0.2, -0.15) is 13.5 Å². The molecule has 1 saturated carbocycles. The summed E-state index contributed by atoms with van der Waals surface area (Å²) in [6.07, 6.45) is 6.49. The van der Waals surface area contributed by atoms with E-state index in [4.69, 9.17) is 25.7 Å². The fraction of sp³-hybridized carbons (Fsp3) is 0.531. The number of aromatic nitrogens is 2. The molecule has 3 aromatic rings. The van der Waals surface area contributed by atoms with Crippen molar-refractivity contribution in [3.63, 3.8) is 0 Å². The van der Waals surface area contributed by atoms with Crippen LogP contribution in [0.25, 0.3) is 0 Å². The first-order valence-corrected chi connectivity index (χ1v) is 16.1. The molecule has 2 fully saturated rings. The van der Waals surface area contributed by atoms with Crippen molar-refractivity contribution in [2.75, 3.05) is 62.6 Å². The van der Waals surface area contributed by atoms with Crippen LogP contribution in [0.5, 0.6) is 5.75 Å². The topological polar surface area (TPSA) is 119 Å². The SMILES string of the molecule is CCN1CCN(c2cc(C(=O)NC[C@H](O)CN3CCc4c(ccc(OCc5cnco5)c4Cl)C3)cc(NC3CCC3)n2)CC1.S. The van der Waals surface area contributed by atoms with Crippen molar-refractivity contribution in [1.82, 2.24) is 25.1 Å². The van der Waals surface area contributed by atoms with Crippen molar-refractivity contribution in [1.29, 1.82) is 0 Å². The molecule has 13 heteroatoms. The molecule has 3 N–H and O–H groups in total. The highest BCUT2D eigenvalue weighted by atomic mass is 35.5. The third kappa shape index (κ3) is 8.42. The van der Waals surface area contributed by atoms with Gasteiger partial charge in [0, 0.05) is 64.0 Å². The number of fused-ring (bicyclic) bond motifs is 1. The Morgan fingerprint density at radius 2 is 2.00 bits per heavy atom. The van der Waals surface area contributed by atoms with E-state index in [0.29, 0.717) is 41.2 Å². The molecule has 0 unspecified atom stereocenters. The van der Waals surface area contributed by atoms with Gasteiger partial charge in [0.2, 0.25) is 0 Å². The average molecular weight is 658 g/mol. The van der Waals surface area contributed by atoms with Crippen molar-refractivity contribution in [2.24, 2.45) is 0 Å². The van der Waals surface area contributed by atoms with Gasteiger partial charge in [-0.15, -0.1) is 0 Å². The Balaban J connectivity index is 0.00000400. The molecule has 1 amide bonds. The van der Waals surface area contributed by atoms with Gasteiger partial charge in [0.25, 0.3) is 5.91 Å². The number of nitrogens with one attached hydrogen (secondary N) is 2. The highest BCUT2D eigenvalue weighted by Gasteiger charge is 2.25. The molecule has 1 aliphatic carbocycles. The van der Waals surface area contributed by atoms with E-state index in [1.807, 2.05) is 24.3 Å². The summed E-state index contributed by atoms with van der Waals surface area (Å²) in [6.45, 7) is 9.24. The molecule has 6 rings (SSSR count). The van der Waals surface area contributed by atoms with E-state index in [-0.39, 0.29) is 32.6 Å². The lowest BCUT2D eigenvalue weighted by molar-refractivity contribution is 0.0841. The standard InChI is InChI=1S/C32H42ClN7O4.H2S/c1-2-38-10-12-40(13-11-38)30-15-23(14-29(37-30)36-24-4-3-5-24)32(42)35-16-25(41)19-39-9-8-27-22(18-39)6-7-28(31(27)33)43-20-26-17-34-21-44-26;/h6-7,14-15,17,21,24-25,41H,2-5,8-13,16,18-20H2,1H3,(H,35,42)(H,36,37);1H2/t25-;/m0./s1. The summed E-state index contributed by atoms with van der Waals surface area (Å²) < 4.78 is 11.1. The quantitative estimate of drug-likeness (QED) is 0.266. The maximum absolute atomic E-state index is 13.3. The first-order valence-electron chi connectivity index (χ1n) is 15.7. The lowest BCUT2D eigenvalue weighted by atomic mass is 9.93. The number of piperazine rings is 1.